The smallest absolute Gasteiger partial charge is 0.266 e. The second-order valence-corrected chi connectivity index (χ2v) is 4.08. The van der Waals surface area contributed by atoms with Gasteiger partial charge in [0.15, 0.2) is 0 Å². The summed E-state index contributed by atoms with van der Waals surface area (Å²) < 4.78 is 24.2. The van der Waals surface area contributed by atoms with E-state index in [0.29, 0.717) is 0 Å². The summed E-state index contributed by atoms with van der Waals surface area (Å²) in [5.41, 5.74) is 0.220. The molecule has 0 saturated heterocycles. The van der Waals surface area contributed by atoms with Crippen molar-refractivity contribution >= 4 is 75.0 Å². The van der Waals surface area contributed by atoms with Crippen LogP contribution in [0.15, 0.2) is 29.2 Å². The van der Waals surface area contributed by atoms with Crippen LogP contribution >= 0.6 is 0 Å². The number of rotatable bonds is 0. The van der Waals surface area contributed by atoms with Crippen molar-refractivity contribution in [3.8, 4) is 0 Å². The quantitative estimate of drug-likeness (QED) is 0.602. The molecule has 0 saturated carbocycles. The van der Waals surface area contributed by atoms with Crippen molar-refractivity contribution in [1.29, 1.82) is 0 Å². The van der Waals surface area contributed by atoms with Gasteiger partial charge in [-0.1, -0.05) is 12.1 Å². The van der Waals surface area contributed by atoms with E-state index in [-0.39, 0.29) is 69.6 Å². The van der Waals surface area contributed by atoms with E-state index in [1.165, 1.54) is 12.1 Å². The van der Waals surface area contributed by atoms with E-state index in [0.717, 1.165) is 0 Å². The number of nitrogens with one attached hydrogen (secondary N) is 1. The van der Waals surface area contributed by atoms with Gasteiger partial charge in [-0.3, -0.25) is 4.79 Å². The van der Waals surface area contributed by atoms with Gasteiger partial charge in [0.2, 0.25) is 0 Å². The van der Waals surface area contributed by atoms with E-state index in [1.54, 1.807) is 12.1 Å². The Morgan fingerprint density at radius 2 is 1.64 bits per heavy atom. The molecule has 1 aliphatic heterocycles. The first kappa shape index (κ1) is 14.6. The molecule has 1 aromatic rings. The zero-order valence-corrected chi connectivity index (χ0v) is 12.8. The van der Waals surface area contributed by atoms with Crippen LogP contribution in [-0.4, -0.2) is 73.4 Å². The number of sulfonamides is 1. The number of benzene rings is 1. The SMILES string of the molecule is O=C1NS(=O)(=O)c2ccccc21.[Na].[Na]. The summed E-state index contributed by atoms with van der Waals surface area (Å²) >= 11 is 0. The number of carbonyl (C=O) groups excluding carboxylic acids is 1. The van der Waals surface area contributed by atoms with Crippen molar-refractivity contribution in [3.05, 3.63) is 29.8 Å². The largest absolute Gasteiger partial charge is 0.268 e. The van der Waals surface area contributed by atoms with E-state index in [1.807, 2.05) is 4.72 Å². The van der Waals surface area contributed by atoms with Crippen LogP contribution < -0.4 is 4.72 Å². The van der Waals surface area contributed by atoms with Gasteiger partial charge in [-0.05, 0) is 12.1 Å². The van der Waals surface area contributed by atoms with Crippen LogP contribution in [0.4, 0.5) is 0 Å². The van der Waals surface area contributed by atoms with Crippen LogP contribution in [0.1, 0.15) is 10.4 Å². The molecule has 1 aromatic carbocycles. The molecule has 0 atom stereocenters. The van der Waals surface area contributed by atoms with Gasteiger partial charge < -0.3 is 0 Å². The Balaban J connectivity index is 0.000000845. The fourth-order valence-electron chi connectivity index (χ4n) is 1.12. The van der Waals surface area contributed by atoms with Crippen LogP contribution in [0.25, 0.3) is 0 Å². The number of carbonyl (C=O) groups is 1. The molecule has 1 N–H and O–H groups in total. The first-order valence-corrected chi connectivity index (χ1v) is 4.76. The molecule has 0 fully saturated rings. The molecule has 0 unspecified atom stereocenters. The summed E-state index contributed by atoms with van der Waals surface area (Å²) in [7, 11) is -3.55. The zero-order valence-electron chi connectivity index (χ0n) is 7.94. The standard InChI is InChI=1S/C7H5NO3S.2Na/c9-7-5-3-1-2-4-6(5)12(10,11)8-7;;/h1-4H,(H,8,9);;. The summed E-state index contributed by atoms with van der Waals surface area (Å²) in [5.74, 6) is -0.550. The number of fused-ring (bicyclic) bond motifs is 1. The minimum atomic E-state index is -3.55. The van der Waals surface area contributed by atoms with Crippen molar-refractivity contribution in [2.75, 3.05) is 0 Å². The van der Waals surface area contributed by atoms with Crippen molar-refractivity contribution in [2.24, 2.45) is 0 Å². The van der Waals surface area contributed by atoms with Gasteiger partial charge in [0.1, 0.15) is 4.90 Å². The summed E-state index contributed by atoms with van der Waals surface area (Å²) in [5, 5.41) is 0. The van der Waals surface area contributed by atoms with Gasteiger partial charge in [0.25, 0.3) is 15.9 Å². The third-order valence-electron chi connectivity index (χ3n) is 1.65. The molecule has 0 spiro atoms. The Morgan fingerprint density at radius 3 is 2.21 bits per heavy atom. The van der Waals surface area contributed by atoms with Crippen LogP contribution in [0, 0.1) is 0 Å². The Morgan fingerprint density at radius 1 is 1.07 bits per heavy atom. The van der Waals surface area contributed by atoms with Crippen LogP contribution in [0.2, 0.25) is 0 Å². The van der Waals surface area contributed by atoms with Crippen molar-refractivity contribution in [2.45, 2.75) is 4.90 Å². The average Bonchev–Trinajstić information content (AvgIpc) is 2.25. The monoisotopic (exact) mass is 229 g/mol. The molecule has 7 heteroatoms. The molecular weight excluding hydrogens is 224 g/mol. The number of amides is 1. The average molecular weight is 229 g/mol. The summed E-state index contributed by atoms with van der Waals surface area (Å²) in [6, 6.07) is 6.09. The van der Waals surface area contributed by atoms with E-state index in [4.69, 9.17) is 0 Å². The van der Waals surface area contributed by atoms with E-state index >= 15 is 0 Å². The normalized spacial score (nSPS) is 15.9. The predicted molar refractivity (Wildman–Crippen MR) is 52.6 cm³/mol. The van der Waals surface area contributed by atoms with Gasteiger partial charge >= 0.3 is 0 Å². The maximum atomic E-state index is 11.1. The minimum absolute atomic E-state index is 0. The summed E-state index contributed by atoms with van der Waals surface area (Å²) in [4.78, 5) is 11.1. The Hall–Kier alpha value is 0.640. The molecule has 0 aromatic heterocycles. The van der Waals surface area contributed by atoms with Crippen molar-refractivity contribution < 1.29 is 13.2 Å². The van der Waals surface area contributed by atoms with E-state index in [2.05, 4.69) is 0 Å². The van der Waals surface area contributed by atoms with Crippen molar-refractivity contribution in [1.82, 2.24) is 4.72 Å². The molecule has 4 nitrogen and oxygen atoms in total. The van der Waals surface area contributed by atoms with Crippen LogP contribution in [-0.2, 0) is 10.0 Å². The number of hydrogen-bond acceptors (Lipinski definition) is 3. The molecule has 0 aliphatic carbocycles. The van der Waals surface area contributed by atoms with Crippen LogP contribution in [0.5, 0.6) is 0 Å². The second-order valence-electron chi connectivity index (χ2n) is 2.43. The second kappa shape index (κ2) is 5.12. The van der Waals surface area contributed by atoms with Gasteiger partial charge in [0, 0.05) is 59.1 Å². The van der Waals surface area contributed by atoms with Gasteiger partial charge in [-0.2, -0.15) is 0 Å². The maximum absolute atomic E-state index is 11.1. The molecule has 1 amide bonds. The topological polar surface area (TPSA) is 63.2 Å². The maximum Gasteiger partial charge on any atom is 0.266 e. The Kier molecular flexibility index (Phi) is 5.35. The van der Waals surface area contributed by atoms with Gasteiger partial charge in [-0.25, -0.2) is 13.1 Å². The first-order chi connectivity index (χ1) is 5.61. The molecule has 14 heavy (non-hydrogen) atoms. The predicted octanol–water partition coefficient (Wildman–Crippen LogP) is -0.643. The number of hydrogen-bond donors (Lipinski definition) is 1. The molecule has 0 bridgehead atoms. The zero-order chi connectivity index (χ0) is 8.77. The van der Waals surface area contributed by atoms with Crippen molar-refractivity contribution in [3.63, 3.8) is 0 Å². The van der Waals surface area contributed by atoms with Gasteiger partial charge in [-0.15, -0.1) is 0 Å². The van der Waals surface area contributed by atoms with Gasteiger partial charge in [0.05, 0.1) is 5.56 Å². The molecule has 64 valence electrons. The first-order valence-electron chi connectivity index (χ1n) is 3.27. The summed E-state index contributed by atoms with van der Waals surface area (Å²) in [6.45, 7) is 0. The fraction of sp³-hybridized carbons (Fsp3) is 0. The molecule has 1 heterocycles. The minimum Gasteiger partial charge on any atom is -0.268 e. The third kappa shape index (κ3) is 2.41. The summed E-state index contributed by atoms with van der Waals surface area (Å²) in [6.07, 6.45) is 0. The molecule has 1 aliphatic rings. The molecular formula is C7H5NNa2O3S. The molecule has 2 rings (SSSR count). The Labute approximate surface area is 126 Å². The molecule has 2 radical (unpaired) electrons. The fourth-order valence-corrected chi connectivity index (χ4v) is 2.29. The Bertz CT molecular complexity index is 458. The van der Waals surface area contributed by atoms with E-state index < -0.39 is 15.9 Å². The van der Waals surface area contributed by atoms with Crippen LogP contribution in [0.3, 0.4) is 0 Å². The third-order valence-corrected chi connectivity index (χ3v) is 3.04. The van der Waals surface area contributed by atoms with E-state index in [9.17, 15) is 13.2 Å².